The van der Waals surface area contributed by atoms with Gasteiger partial charge in [0.25, 0.3) is 0 Å². The Morgan fingerprint density at radius 2 is 2.00 bits per heavy atom. The number of aryl methyl sites for hydroxylation is 1. The largest absolute Gasteiger partial charge is 0.356 e. The van der Waals surface area contributed by atoms with Gasteiger partial charge in [-0.2, -0.15) is 0 Å². The van der Waals surface area contributed by atoms with Crippen LogP contribution < -0.4 is 0 Å². The topological polar surface area (TPSA) is 26.0 Å². The lowest BCUT2D eigenvalue weighted by Gasteiger charge is -2.06. The fraction of sp³-hybridized carbons (Fsp3) is 0.308. The van der Waals surface area contributed by atoms with Gasteiger partial charge in [-0.05, 0) is 30.5 Å². The molecule has 0 spiro atoms. The summed E-state index contributed by atoms with van der Waals surface area (Å²) in [7, 11) is 0. The van der Waals surface area contributed by atoms with E-state index in [0.29, 0.717) is 17.2 Å². The Bertz CT molecular complexity index is 502. The maximum Gasteiger partial charge on any atom is 0.170 e. The Hall–Kier alpha value is -1.64. The van der Waals surface area contributed by atoms with Gasteiger partial charge in [0, 0.05) is 6.07 Å². The zero-order chi connectivity index (χ0) is 11.7. The Balaban J connectivity index is 2.44. The number of rotatable bonds is 2. The Morgan fingerprint density at radius 3 is 2.50 bits per heavy atom. The molecule has 0 saturated carbocycles. The van der Waals surface area contributed by atoms with E-state index in [0.717, 1.165) is 11.3 Å². The molecule has 0 atom stereocenters. The lowest BCUT2D eigenvalue weighted by Crippen LogP contribution is -1.90. The summed E-state index contributed by atoms with van der Waals surface area (Å²) in [5, 5.41) is 3.75. The number of aromatic nitrogens is 1. The van der Waals surface area contributed by atoms with Crippen LogP contribution in [0.25, 0.3) is 11.3 Å². The third-order valence-corrected chi connectivity index (χ3v) is 2.55. The lowest BCUT2D eigenvalue weighted by atomic mass is 10.0. The highest BCUT2D eigenvalue weighted by Crippen LogP contribution is 2.26. The van der Waals surface area contributed by atoms with Crippen molar-refractivity contribution >= 4 is 0 Å². The molecule has 0 unspecified atom stereocenters. The van der Waals surface area contributed by atoms with Crippen LogP contribution in [0.2, 0.25) is 0 Å². The summed E-state index contributed by atoms with van der Waals surface area (Å²) >= 11 is 0. The van der Waals surface area contributed by atoms with E-state index < -0.39 is 0 Å². The number of hydrogen-bond acceptors (Lipinski definition) is 2. The number of nitrogens with zero attached hydrogens (tertiary/aromatic N) is 1. The van der Waals surface area contributed by atoms with Crippen LogP contribution >= 0.6 is 0 Å². The molecule has 0 radical (unpaired) electrons. The summed E-state index contributed by atoms with van der Waals surface area (Å²) in [6.07, 6.45) is 0. The van der Waals surface area contributed by atoms with Crippen molar-refractivity contribution in [3.05, 3.63) is 41.3 Å². The zero-order valence-electron chi connectivity index (χ0n) is 9.62. The molecule has 1 heterocycles. The van der Waals surface area contributed by atoms with E-state index in [9.17, 15) is 4.39 Å². The van der Waals surface area contributed by atoms with Crippen LogP contribution in [0.15, 0.2) is 28.8 Å². The van der Waals surface area contributed by atoms with E-state index in [-0.39, 0.29) is 5.82 Å². The molecule has 0 aliphatic rings. The molecule has 0 N–H and O–H groups in total. The summed E-state index contributed by atoms with van der Waals surface area (Å²) in [5.74, 6) is 0.535. The van der Waals surface area contributed by atoms with Gasteiger partial charge in [-0.25, -0.2) is 4.39 Å². The number of hydrogen-bond donors (Lipinski definition) is 0. The van der Waals surface area contributed by atoms with Gasteiger partial charge in [-0.1, -0.05) is 25.1 Å². The minimum absolute atomic E-state index is 0.262. The molecule has 0 fully saturated rings. The molecule has 2 aromatic rings. The number of halogens is 1. The first kappa shape index (κ1) is 10.9. The Kier molecular flexibility index (Phi) is 2.77. The van der Waals surface area contributed by atoms with Gasteiger partial charge in [-0.3, -0.25) is 0 Å². The summed E-state index contributed by atoms with van der Waals surface area (Å²) in [6.45, 7) is 5.88. The molecule has 84 valence electrons. The van der Waals surface area contributed by atoms with Gasteiger partial charge >= 0.3 is 0 Å². The third-order valence-electron chi connectivity index (χ3n) is 2.55. The van der Waals surface area contributed by atoms with Gasteiger partial charge in [0.15, 0.2) is 5.76 Å². The van der Waals surface area contributed by atoms with Crippen molar-refractivity contribution in [2.45, 2.75) is 26.7 Å². The molecule has 2 nitrogen and oxygen atoms in total. The average Bonchev–Trinajstić information content (AvgIpc) is 2.64. The van der Waals surface area contributed by atoms with Crippen molar-refractivity contribution in [3.8, 4) is 11.3 Å². The summed E-state index contributed by atoms with van der Waals surface area (Å²) in [5.41, 5.74) is 2.20. The van der Waals surface area contributed by atoms with Crippen molar-refractivity contribution in [1.29, 1.82) is 0 Å². The standard InChI is InChI=1S/C13H14FNO/c1-8(2)10-4-5-11(12(14)7-10)13-6-9(3)15-16-13/h4-8H,1-3H3. The van der Waals surface area contributed by atoms with Crippen molar-refractivity contribution in [2.24, 2.45) is 0 Å². The summed E-state index contributed by atoms with van der Waals surface area (Å²) in [6, 6.07) is 6.94. The lowest BCUT2D eigenvalue weighted by molar-refractivity contribution is 0.425. The van der Waals surface area contributed by atoms with Crippen molar-refractivity contribution < 1.29 is 8.91 Å². The van der Waals surface area contributed by atoms with Crippen molar-refractivity contribution in [2.75, 3.05) is 0 Å². The highest BCUT2D eigenvalue weighted by molar-refractivity contribution is 5.58. The minimum Gasteiger partial charge on any atom is -0.356 e. The van der Waals surface area contributed by atoms with Gasteiger partial charge in [0.1, 0.15) is 5.82 Å². The second-order valence-electron chi connectivity index (χ2n) is 4.23. The van der Waals surface area contributed by atoms with Crippen LogP contribution in [-0.2, 0) is 0 Å². The molecule has 1 aromatic carbocycles. The smallest absolute Gasteiger partial charge is 0.170 e. The van der Waals surface area contributed by atoms with Crippen molar-refractivity contribution in [3.63, 3.8) is 0 Å². The fourth-order valence-corrected chi connectivity index (χ4v) is 1.58. The van der Waals surface area contributed by atoms with Crippen LogP contribution in [0.5, 0.6) is 0 Å². The molecule has 3 heteroatoms. The zero-order valence-corrected chi connectivity index (χ0v) is 9.62. The van der Waals surface area contributed by atoms with Crippen LogP contribution in [0.3, 0.4) is 0 Å². The minimum atomic E-state index is -0.262. The molecular formula is C13H14FNO. The predicted molar refractivity (Wildman–Crippen MR) is 60.7 cm³/mol. The molecule has 0 aliphatic heterocycles. The highest BCUT2D eigenvalue weighted by atomic mass is 19.1. The second kappa shape index (κ2) is 4.08. The summed E-state index contributed by atoms with van der Waals surface area (Å²) in [4.78, 5) is 0. The Labute approximate surface area is 94.1 Å². The molecular weight excluding hydrogens is 205 g/mol. The molecule has 0 bridgehead atoms. The first-order chi connectivity index (χ1) is 7.58. The van der Waals surface area contributed by atoms with Crippen LogP contribution in [0, 0.1) is 12.7 Å². The first-order valence-corrected chi connectivity index (χ1v) is 5.31. The molecule has 16 heavy (non-hydrogen) atoms. The fourth-order valence-electron chi connectivity index (χ4n) is 1.58. The van der Waals surface area contributed by atoms with E-state index >= 15 is 0 Å². The quantitative estimate of drug-likeness (QED) is 0.765. The van der Waals surface area contributed by atoms with E-state index in [4.69, 9.17) is 4.52 Å². The monoisotopic (exact) mass is 219 g/mol. The van der Waals surface area contributed by atoms with Gasteiger partial charge in [0.2, 0.25) is 0 Å². The predicted octanol–water partition coefficient (Wildman–Crippen LogP) is 3.91. The van der Waals surface area contributed by atoms with Gasteiger partial charge in [0.05, 0.1) is 11.3 Å². The maximum atomic E-state index is 13.8. The van der Waals surface area contributed by atoms with Crippen LogP contribution in [0.4, 0.5) is 4.39 Å². The molecule has 0 amide bonds. The van der Waals surface area contributed by atoms with E-state index in [1.807, 2.05) is 26.8 Å². The summed E-state index contributed by atoms with van der Waals surface area (Å²) < 4.78 is 18.9. The highest BCUT2D eigenvalue weighted by Gasteiger charge is 2.11. The normalized spacial score (nSPS) is 11.1. The van der Waals surface area contributed by atoms with Crippen LogP contribution in [-0.4, -0.2) is 5.16 Å². The second-order valence-corrected chi connectivity index (χ2v) is 4.23. The van der Waals surface area contributed by atoms with Gasteiger partial charge < -0.3 is 4.52 Å². The SMILES string of the molecule is Cc1cc(-c2ccc(C(C)C)cc2F)on1. The van der Waals surface area contributed by atoms with Gasteiger partial charge in [-0.15, -0.1) is 0 Å². The number of benzene rings is 1. The maximum absolute atomic E-state index is 13.8. The average molecular weight is 219 g/mol. The van der Waals surface area contributed by atoms with E-state index in [1.54, 1.807) is 18.2 Å². The van der Waals surface area contributed by atoms with E-state index in [2.05, 4.69) is 5.16 Å². The first-order valence-electron chi connectivity index (χ1n) is 5.31. The van der Waals surface area contributed by atoms with Crippen LogP contribution in [0.1, 0.15) is 31.0 Å². The molecule has 0 saturated heterocycles. The molecule has 2 rings (SSSR count). The Morgan fingerprint density at radius 1 is 1.25 bits per heavy atom. The van der Waals surface area contributed by atoms with E-state index in [1.165, 1.54) is 0 Å². The van der Waals surface area contributed by atoms with Crippen molar-refractivity contribution in [1.82, 2.24) is 5.16 Å². The third kappa shape index (κ3) is 1.98. The molecule has 1 aromatic heterocycles. The molecule has 0 aliphatic carbocycles.